The molecule has 1 aliphatic rings. The van der Waals surface area contributed by atoms with E-state index in [9.17, 15) is 4.79 Å². The van der Waals surface area contributed by atoms with Crippen molar-refractivity contribution in [3.63, 3.8) is 0 Å². The van der Waals surface area contributed by atoms with E-state index in [4.69, 9.17) is 16.3 Å². The molecule has 1 aromatic carbocycles. The fraction of sp³-hybridized carbons (Fsp3) is 0.368. The normalized spacial score (nSPS) is 17.5. The van der Waals surface area contributed by atoms with E-state index in [0.29, 0.717) is 16.5 Å². The third-order valence-electron chi connectivity index (χ3n) is 4.38. The molecule has 2 amide bonds. The minimum Gasteiger partial charge on any atom is -0.495 e. The van der Waals surface area contributed by atoms with Crippen LogP contribution in [0.3, 0.4) is 0 Å². The number of piperidine rings is 1. The van der Waals surface area contributed by atoms with Crippen molar-refractivity contribution in [1.29, 1.82) is 0 Å². The SMILES string of the molecule is COc1ccc(NC(=O)N[C@@H]2CCCN(Cc3cccnc3)C2)cc1Cl. The van der Waals surface area contributed by atoms with E-state index in [0.717, 1.165) is 32.5 Å². The summed E-state index contributed by atoms with van der Waals surface area (Å²) in [6, 6.07) is 9.09. The molecule has 2 N–H and O–H groups in total. The van der Waals surface area contributed by atoms with E-state index >= 15 is 0 Å². The number of hydrogen-bond acceptors (Lipinski definition) is 4. The average molecular weight is 375 g/mol. The van der Waals surface area contributed by atoms with Crippen molar-refractivity contribution in [3.8, 4) is 5.75 Å². The second-order valence-electron chi connectivity index (χ2n) is 6.38. The van der Waals surface area contributed by atoms with Gasteiger partial charge in [-0.2, -0.15) is 0 Å². The molecule has 138 valence electrons. The van der Waals surface area contributed by atoms with Crippen LogP contribution in [0.2, 0.25) is 5.02 Å². The van der Waals surface area contributed by atoms with E-state index in [1.165, 1.54) is 5.56 Å². The average Bonchev–Trinajstić information content (AvgIpc) is 2.63. The van der Waals surface area contributed by atoms with Crippen molar-refractivity contribution in [2.75, 3.05) is 25.5 Å². The second kappa shape index (κ2) is 8.87. The molecule has 1 fully saturated rings. The maximum absolute atomic E-state index is 12.3. The summed E-state index contributed by atoms with van der Waals surface area (Å²) >= 11 is 6.09. The fourth-order valence-electron chi connectivity index (χ4n) is 3.16. The molecule has 1 aromatic heterocycles. The highest BCUT2D eigenvalue weighted by molar-refractivity contribution is 6.32. The van der Waals surface area contributed by atoms with Crippen LogP contribution in [0.4, 0.5) is 10.5 Å². The zero-order valence-electron chi connectivity index (χ0n) is 14.7. The zero-order valence-corrected chi connectivity index (χ0v) is 15.5. The van der Waals surface area contributed by atoms with Gasteiger partial charge in [-0.1, -0.05) is 17.7 Å². The summed E-state index contributed by atoms with van der Waals surface area (Å²) in [5.41, 5.74) is 1.82. The Balaban J connectivity index is 1.51. The maximum atomic E-state index is 12.3. The number of benzene rings is 1. The van der Waals surface area contributed by atoms with Crippen LogP contribution in [0, 0.1) is 0 Å². The minimum absolute atomic E-state index is 0.120. The van der Waals surface area contributed by atoms with Crippen molar-refractivity contribution < 1.29 is 9.53 Å². The van der Waals surface area contributed by atoms with Gasteiger partial charge >= 0.3 is 6.03 Å². The molecule has 0 radical (unpaired) electrons. The highest BCUT2D eigenvalue weighted by Crippen LogP contribution is 2.27. The lowest BCUT2D eigenvalue weighted by molar-refractivity contribution is 0.183. The van der Waals surface area contributed by atoms with Gasteiger partial charge in [0.05, 0.1) is 12.1 Å². The van der Waals surface area contributed by atoms with Crippen LogP contribution in [0.1, 0.15) is 18.4 Å². The van der Waals surface area contributed by atoms with Crippen molar-refractivity contribution >= 4 is 23.3 Å². The van der Waals surface area contributed by atoms with Crippen LogP contribution in [-0.2, 0) is 6.54 Å². The molecule has 2 aromatic rings. The maximum Gasteiger partial charge on any atom is 0.319 e. The molecule has 3 rings (SSSR count). The van der Waals surface area contributed by atoms with Crippen LogP contribution >= 0.6 is 11.6 Å². The number of rotatable bonds is 5. The van der Waals surface area contributed by atoms with Crippen molar-refractivity contribution in [2.24, 2.45) is 0 Å². The number of nitrogens with zero attached hydrogens (tertiary/aromatic N) is 2. The largest absolute Gasteiger partial charge is 0.495 e. The summed E-state index contributed by atoms with van der Waals surface area (Å²) in [6.07, 6.45) is 5.69. The van der Waals surface area contributed by atoms with Crippen molar-refractivity contribution in [2.45, 2.75) is 25.4 Å². The number of nitrogens with one attached hydrogen (secondary N) is 2. The number of hydrogen-bond donors (Lipinski definition) is 2. The molecule has 6 nitrogen and oxygen atoms in total. The second-order valence-corrected chi connectivity index (χ2v) is 6.79. The van der Waals surface area contributed by atoms with Crippen molar-refractivity contribution in [1.82, 2.24) is 15.2 Å². The minimum atomic E-state index is -0.223. The predicted octanol–water partition coefficient (Wildman–Crippen LogP) is 3.53. The van der Waals surface area contributed by atoms with E-state index < -0.39 is 0 Å². The van der Waals surface area contributed by atoms with Gasteiger partial charge in [0.1, 0.15) is 5.75 Å². The first-order valence-corrected chi connectivity index (χ1v) is 9.04. The zero-order chi connectivity index (χ0) is 18.4. The van der Waals surface area contributed by atoms with Crippen molar-refractivity contribution in [3.05, 3.63) is 53.3 Å². The first kappa shape index (κ1) is 18.5. The van der Waals surface area contributed by atoms with Crippen LogP contribution in [-0.4, -0.2) is 42.2 Å². The molecule has 0 aliphatic carbocycles. The van der Waals surface area contributed by atoms with Crippen LogP contribution in [0.5, 0.6) is 5.75 Å². The molecule has 0 spiro atoms. The number of methoxy groups -OCH3 is 1. The van der Waals surface area contributed by atoms with Gasteiger partial charge in [-0.3, -0.25) is 9.88 Å². The fourth-order valence-corrected chi connectivity index (χ4v) is 3.42. The summed E-state index contributed by atoms with van der Waals surface area (Å²) in [4.78, 5) is 18.8. The summed E-state index contributed by atoms with van der Waals surface area (Å²) in [6.45, 7) is 2.70. The number of pyridine rings is 1. The number of urea groups is 1. The Morgan fingerprint density at radius 2 is 2.31 bits per heavy atom. The number of aromatic nitrogens is 1. The Kier molecular flexibility index (Phi) is 6.30. The summed E-state index contributed by atoms with van der Waals surface area (Å²) in [7, 11) is 1.56. The molecule has 0 unspecified atom stereocenters. The topological polar surface area (TPSA) is 66.5 Å². The summed E-state index contributed by atoms with van der Waals surface area (Å²) < 4.78 is 5.12. The molecular formula is C19H23ClN4O2. The van der Waals surface area contributed by atoms with Gasteiger partial charge < -0.3 is 15.4 Å². The first-order chi connectivity index (χ1) is 12.6. The lowest BCUT2D eigenvalue weighted by Gasteiger charge is -2.33. The van der Waals surface area contributed by atoms with Gasteiger partial charge in [-0.25, -0.2) is 4.79 Å². The molecule has 1 aliphatic heterocycles. The molecular weight excluding hydrogens is 352 g/mol. The van der Waals surface area contributed by atoms with Gasteiger partial charge in [0, 0.05) is 37.2 Å². The Morgan fingerprint density at radius 3 is 3.04 bits per heavy atom. The van der Waals surface area contributed by atoms with Crippen LogP contribution < -0.4 is 15.4 Å². The Bertz CT molecular complexity index is 742. The first-order valence-electron chi connectivity index (χ1n) is 8.66. The number of amides is 2. The van der Waals surface area contributed by atoms with E-state index in [1.807, 2.05) is 12.3 Å². The number of likely N-dealkylation sites (tertiary alicyclic amines) is 1. The Labute approximate surface area is 158 Å². The quantitative estimate of drug-likeness (QED) is 0.840. The van der Waals surface area contributed by atoms with E-state index in [1.54, 1.807) is 31.5 Å². The number of anilines is 1. The van der Waals surface area contributed by atoms with Crippen LogP contribution in [0.25, 0.3) is 0 Å². The molecule has 7 heteroatoms. The lowest BCUT2D eigenvalue weighted by atomic mass is 10.1. The molecule has 0 bridgehead atoms. The van der Waals surface area contributed by atoms with E-state index in [-0.39, 0.29) is 12.1 Å². The predicted molar refractivity (Wildman–Crippen MR) is 103 cm³/mol. The molecule has 1 atom stereocenters. The molecule has 26 heavy (non-hydrogen) atoms. The Hall–Kier alpha value is -2.31. The highest BCUT2D eigenvalue weighted by atomic mass is 35.5. The summed E-state index contributed by atoms with van der Waals surface area (Å²) in [5, 5.41) is 6.34. The van der Waals surface area contributed by atoms with Gasteiger partial charge in [-0.15, -0.1) is 0 Å². The third-order valence-corrected chi connectivity index (χ3v) is 4.67. The monoisotopic (exact) mass is 374 g/mol. The molecule has 0 saturated carbocycles. The number of carbonyl (C=O) groups excluding carboxylic acids is 1. The number of halogens is 1. The number of carbonyl (C=O) groups is 1. The van der Waals surface area contributed by atoms with Gasteiger partial charge in [0.25, 0.3) is 0 Å². The number of ether oxygens (including phenoxy) is 1. The van der Waals surface area contributed by atoms with Gasteiger partial charge in [0.2, 0.25) is 0 Å². The third kappa shape index (κ3) is 5.09. The standard InChI is InChI=1S/C19H23ClN4O2/c1-26-18-7-6-15(10-17(18)20)22-19(25)23-16-5-3-9-24(13-16)12-14-4-2-8-21-11-14/h2,4,6-8,10-11,16H,3,5,9,12-13H2,1H3,(H2,22,23,25)/t16-/m1/s1. The smallest absolute Gasteiger partial charge is 0.319 e. The lowest BCUT2D eigenvalue weighted by Crippen LogP contribution is -2.48. The summed E-state index contributed by atoms with van der Waals surface area (Å²) in [5.74, 6) is 0.580. The molecule has 2 heterocycles. The van der Waals surface area contributed by atoms with E-state index in [2.05, 4.69) is 26.6 Å². The van der Waals surface area contributed by atoms with Crippen LogP contribution in [0.15, 0.2) is 42.7 Å². The Morgan fingerprint density at radius 1 is 1.42 bits per heavy atom. The van der Waals surface area contributed by atoms with Gasteiger partial charge in [-0.05, 0) is 49.2 Å². The van der Waals surface area contributed by atoms with Gasteiger partial charge in [0.15, 0.2) is 0 Å². The highest BCUT2D eigenvalue weighted by Gasteiger charge is 2.21. The molecule has 1 saturated heterocycles.